The van der Waals surface area contributed by atoms with Gasteiger partial charge in [-0.1, -0.05) is 30.3 Å². The molecule has 3 aliphatic rings. The van der Waals surface area contributed by atoms with E-state index in [1.165, 1.54) is 10.9 Å². The molecule has 1 aliphatic carbocycles. The third-order valence-electron chi connectivity index (χ3n) is 8.10. The number of rotatable bonds is 3. The number of fused-ring (bicyclic) bond motifs is 3. The minimum absolute atomic E-state index is 0.120. The Labute approximate surface area is 203 Å². The molecule has 0 radical (unpaired) electrons. The number of esters is 1. The first-order chi connectivity index (χ1) is 17.0. The summed E-state index contributed by atoms with van der Waals surface area (Å²) in [6.07, 6.45) is 6.20. The van der Waals surface area contributed by atoms with Gasteiger partial charge in [-0.05, 0) is 48.7 Å². The van der Waals surface area contributed by atoms with Crippen LogP contribution in [0.3, 0.4) is 0 Å². The fraction of sp³-hybridized carbons (Fsp3) is 0.276. The van der Waals surface area contributed by atoms with E-state index in [9.17, 15) is 9.59 Å². The van der Waals surface area contributed by atoms with Crippen molar-refractivity contribution >= 4 is 22.8 Å². The highest BCUT2D eigenvalue weighted by molar-refractivity contribution is 5.96. The van der Waals surface area contributed by atoms with Crippen molar-refractivity contribution in [2.45, 2.75) is 30.3 Å². The molecule has 2 aromatic carbocycles. The second-order valence-corrected chi connectivity index (χ2v) is 10.1. The van der Waals surface area contributed by atoms with Crippen LogP contribution in [-0.2, 0) is 27.6 Å². The molecule has 2 aromatic heterocycles. The molecule has 6 nitrogen and oxygen atoms in total. The van der Waals surface area contributed by atoms with E-state index in [1.807, 2.05) is 48.5 Å². The maximum absolute atomic E-state index is 13.7. The predicted molar refractivity (Wildman–Crippen MR) is 132 cm³/mol. The lowest BCUT2D eigenvalue weighted by atomic mass is 9.91. The lowest BCUT2D eigenvalue weighted by Gasteiger charge is -2.26. The summed E-state index contributed by atoms with van der Waals surface area (Å²) in [5.74, 6) is -0.167. The molecule has 0 N–H and O–H groups in total. The molecule has 4 aromatic rings. The molecular weight excluding hydrogens is 438 g/mol. The number of nitrogens with zero attached hydrogens (tertiary/aromatic N) is 3. The lowest BCUT2D eigenvalue weighted by Crippen LogP contribution is -2.40. The van der Waals surface area contributed by atoms with E-state index >= 15 is 0 Å². The summed E-state index contributed by atoms with van der Waals surface area (Å²) in [5, 5.41) is 1.18. The third-order valence-corrected chi connectivity index (χ3v) is 8.10. The van der Waals surface area contributed by atoms with Crippen molar-refractivity contribution in [3.05, 3.63) is 89.7 Å². The van der Waals surface area contributed by atoms with Crippen LogP contribution < -0.4 is 0 Å². The third kappa shape index (κ3) is 2.92. The Morgan fingerprint density at radius 3 is 2.69 bits per heavy atom. The highest BCUT2D eigenvalue weighted by atomic mass is 16.6. The van der Waals surface area contributed by atoms with E-state index in [2.05, 4.69) is 41.1 Å². The van der Waals surface area contributed by atoms with Crippen LogP contribution >= 0.6 is 0 Å². The van der Waals surface area contributed by atoms with Crippen LogP contribution in [0.25, 0.3) is 22.2 Å². The number of carbonyl (C=O) groups is 2. The monoisotopic (exact) mass is 463 g/mol. The Kier molecular flexibility index (Phi) is 4.11. The van der Waals surface area contributed by atoms with Crippen LogP contribution in [0, 0.1) is 0 Å². The van der Waals surface area contributed by atoms with Crippen molar-refractivity contribution in [2.24, 2.45) is 7.05 Å². The first-order valence-corrected chi connectivity index (χ1v) is 12.1. The second kappa shape index (κ2) is 7.04. The molecule has 1 saturated carbocycles. The van der Waals surface area contributed by atoms with Gasteiger partial charge in [0.1, 0.15) is 0 Å². The number of aryl methyl sites for hydroxylation is 1. The number of carbonyl (C=O) groups excluding carboxylic acids is 2. The SMILES string of the molecule is Cn1ccc2cc(-c3ccc(C4(C(=O)N5CC[C@@]6(C5)OC(=O)c5ccccc56)CC4)cn3)ccc21. The van der Waals surface area contributed by atoms with Gasteiger partial charge in [0.2, 0.25) is 5.91 Å². The van der Waals surface area contributed by atoms with E-state index in [-0.39, 0.29) is 11.9 Å². The number of likely N-dealkylation sites (tertiary alicyclic amines) is 1. The van der Waals surface area contributed by atoms with Gasteiger partial charge in [-0.25, -0.2) is 4.79 Å². The number of aromatic nitrogens is 2. The van der Waals surface area contributed by atoms with Crippen molar-refractivity contribution in [3.63, 3.8) is 0 Å². The summed E-state index contributed by atoms with van der Waals surface area (Å²) in [6, 6.07) is 20.1. The van der Waals surface area contributed by atoms with E-state index in [0.717, 1.165) is 35.2 Å². The van der Waals surface area contributed by atoms with Crippen molar-refractivity contribution in [1.82, 2.24) is 14.5 Å². The maximum Gasteiger partial charge on any atom is 0.339 e. The summed E-state index contributed by atoms with van der Waals surface area (Å²) in [7, 11) is 2.04. The topological polar surface area (TPSA) is 64.4 Å². The Hall–Kier alpha value is -3.93. The van der Waals surface area contributed by atoms with E-state index < -0.39 is 11.0 Å². The zero-order chi connectivity index (χ0) is 23.8. The molecule has 35 heavy (non-hydrogen) atoms. The van der Waals surface area contributed by atoms with Gasteiger partial charge < -0.3 is 14.2 Å². The van der Waals surface area contributed by atoms with Gasteiger partial charge in [0.25, 0.3) is 0 Å². The van der Waals surface area contributed by atoms with Crippen molar-refractivity contribution in [2.75, 3.05) is 13.1 Å². The molecule has 1 atom stereocenters. The highest BCUT2D eigenvalue weighted by Crippen LogP contribution is 2.52. The molecule has 2 aliphatic heterocycles. The van der Waals surface area contributed by atoms with Crippen LogP contribution in [0.15, 0.2) is 73.1 Å². The fourth-order valence-corrected chi connectivity index (χ4v) is 5.95. The smallest absolute Gasteiger partial charge is 0.339 e. The number of ether oxygens (including phenoxy) is 1. The van der Waals surface area contributed by atoms with Crippen LogP contribution in [0.5, 0.6) is 0 Å². The molecule has 0 unspecified atom stereocenters. The molecule has 174 valence electrons. The van der Waals surface area contributed by atoms with Gasteiger partial charge >= 0.3 is 5.97 Å². The second-order valence-electron chi connectivity index (χ2n) is 10.1. The van der Waals surface area contributed by atoms with Crippen LogP contribution in [0.1, 0.15) is 40.7 Å². The largest absolute Gasteiger partial charge is 0.449 e. The average molecular weight is 464 g/mol. The summed E-state index contributed by atoms with van der Waals surface area (Å²) in [5.41, 5.74) is 4.43. The van der Waals surface area contributed by atoms with Crippen LogP contribution in [0.4, 0.5) is 0 Å². The fourth-order valence-electron chi connectivity index (χ4n) is 5.95. The number of hydrogen-bond acceptors (Lipinski definition) is 4. The maximum atomic E-state index is 13.7. The highest BCUT2D eigenvalue weighted by Gasteiger charge is 2.57. The summed E-state index contributed by atoms with van der Waals surface area (Å²) in [6.45, 7) is 1.00. The minimum atomic E-state index is -0.711. The van der Waals surface area contributed by atoms with Gasteiger partial charge in [-0.3, -0.25) is 9.78 Å². The number of pyridine rings is 1. The van der Waals surface area contributed by atoms with Crippen LogP contribution in [-0.4, -0.2) is 39.4 Å². The van der Waals surface area contributed by atoms with E-state index in [0.29, 0.717) is 25.1 Å². The number of benzene rings is 2. The van der Waals surface area contributed by atoms with Gasteiger partial charge in [0.15, 0.2) is 5.60 Å². The van der Waals surface area contributed by atoms with Gasteiger partial charge in [-0.15, -0.1) is 0 Å². The Morgan fingerprint density at radius 1 is 1.03 bits per heavy atom. The molecule has 1 spiro atoms. The zero-order valence-electron chi connectivity index (χ0n) is 19.5. The summed E-state index contributed by atoms with van der Waals surface area (Å²) < 4.78 is 7.95. The van der Waals surface area contributed by atoms with Crippen molar-refractivity contribution in [3.8, 4) is 11.3 Å². The van der Waals surface area contributed by atoms with Gasteiger partial charge in [0, 0.05) is 54.4 Å². The van der Waals surface area contributed by atoms with Crippen LogP contribution in [0.2, 0.25) is 0 Å². The van der Waals surface area contributed by atoms with Crippen molar-refractivity contribution in [1.29, 1.82) is 0 Å². The Balaban J connectivity index is 1.14. The Bertz CT molecular complexity index is 1520. The van der Waals surface area contributed by atoms with Crippen molar-refractivity contribution < 1.29 is 14.3 Å². The van der Waals surface area contributed by atoms with Gasteiger partial charge in [-0.2, -0.15) is 0 Å². The standard InChI is InChI=1S/C29H25N3O3/c1-31-14-10-20-16-19(6-9-25(20)31)24-8-7-21(17-30-24)28(11-12-28)27(34)32-15-13-29(18-32)23-5-3-2-4-22(23)26(33)35-29/h2-10,14,16-17H,11-13,15,18H2,1H3/t29-/m0/s1. The first-order valence-electron chi connectivity index (χ1n) is 12.1. The van der Waals surface area contributed by atoms with E-state index in [4.69, 9.17) is 9.72 Å². The predicted octanol–water partition coefficient (Wildman–Crippen LogP) is 4.57. The molecule has 1 amide bonds. The molecule has 7 rings (SSSR count). The first kappa shape index (κ1) is 20.4. The molecule has 0 bridgehead atoms. The molecule has 4 heterocycles. The molecule has 1 saturated heterocycles. The summed E-state index contributed by atoms with van der Waals surface area (Å²) >= 11 is 0. The van der Waals surface area contributed by atoms with E-state index in [1.54, 1.807) is 0 Å². The Morgan fingerprint density at radius 2 is 1.89 bits per heavy atom. The average Bonchev–Trinajstić information content (AvgIpc) is 3.35. The van der Waals surface area contributed by atoms with Gasteiger partial charge in [0.05, 0.1) is 23.2 Å². The quantitative estimate of drug-likeness (QED) is 0.418. The zero-order valence-corrected chi connectivity index (χ0v) is 19.5. The number of hydrogen-bond donors (Lipinski definition) is 0. The normalized spacial score (nSPS) is 22.0. The lowest BCUT2D eigenvalue weighted by molar-refractivity contribution is -0.134. The summed E-state index contributed by atoms with van der Waals surface area (Å²) in [4.78, 5) is 32.8. The molecule has 6 heteroatoms. The minimum Gasteiger partial charge on any atom is -0.449 e. The number of amides is 1. The molecule has 2 fully saturated rings. The molecular formula is C29H25N3O3.